The van der Waals surface area contributed by atoms with Crippen LogP contribution in [0.4, 0.5) is 0 Å². The Kier molecular flexibility index (Phi) is 6.72. The van der Waals surface area contributed by atoms with Crippen LogP contribution in [-0.4, -0.2) is 19.2 Å². The summed E-state index contributed by atoms with van der Waals surface area (Å²) in [6, 6.07) is 8.91. The SMILES string of the molecule is CCNCCc1ccc(COC2CCC(C)C(C)C2)cc1. The second kappa shape index (κ2) is 8.55. The van der Waals surface area contributed by atoms with Crippen molar-refractivity contribution in [2.45, 2.75) is 59.2 Å². The fraction of sp³-hybridized carbons (Fsp3) is 0.684. The first-order valence-electron chi connectivity index (χ1n) is 8.59. The van der Waals surface area contributed by atoms with Gasteiger partial charge in [0.15, 0.2) is 0 Å². The third-order valence-corrected chi connectivity index (χ3v) is 4.90. The molecule has 1 N–H and O–H groups in total. The minimum Gasteiger partial charge on any atom is -0.374 e. The lowest BCUT2D eigenvalue weighted by Crippen LogP contribution is -2.26. The fourth-order valence-corrected chi connectivity index (χ4v) is 3.08. The van der Waals surface area contributed by atoms with Crippen LogP contribution in [0.1, 0.15) is 51.2 Å². The van der Waals surface area contributed by atoms with Crippen molar-refractivity contribution < 1.29 is 4.74 Å². The van der Waals surface area contributed by atoms with Crippen LogP contribution in [0.15, 0.2) is 24.3 Å². The molecule has 3 atom stereocenters. The van der Waals surface area contributed by atoms with E-state index in [1.54, 1.807) is 0 Å². The zero-order valence-electron chi connectivity index (χ0n) is 13.9. The zero-order valence-corrected chi connectivity index (χ0v) is 13.9. The lowest BCUT2D eigenvalue weighted by atomic mass is 9.80. The number of hydrogen-bond donors (Lipinski definition) is 1. The summed E-state index contributed by atoms with van der Waals surface area (Å²) in [6.07, 6.45) is 5.33. The number of benzene rings is 1. The first-order valence-corrected chi connectivity index (χ1v) is 8.59. The van der Waals surface area contributed by atoms with Gasteiger partial charge in [0.25, 0.3) is 0 Å². The molecule has 1 aromatic rings. The van der Waals surface area contributed by atoms with Gasteiger partial charge in [-0.1, -0.05) is 45.0 Å². The Morgan fingerprint density at radius 3 is 2.43 bits per heavy atom. The van der Waals surface area contributed by atoms with Crippen LogP contribution in [0.5, 0.6) is 0 Å². The van der Waals surface area contributed by atoms with Gasteiger partial charge in [-0.05, 0) is 61.7 Å². The molecule has 3 unspecified atom stereocenters. The summed E-state index contributed by atoms with van der Waals surface area (Å²) in [5.41, 5.74) is 2.70. The van der Waals surface area contributed by atoms with Gasteiger partial charge in [-0.3, -0.25) is 0 Å². The minimum absolute atomic E-state index is 0.463. The molecule has 21 heavy (non-hydrogen) atoms. The van der Waals surface area contributed by atoms with Crippen molar-refractivity contribution >= 4 is 0 Å². The maximum absolute atomic E-state index is 6.11. The number of rotatable bonds is 7. The van der Waals surface area contributed by atoms with Crippen LogP contribution in [0.25, 0.3) is 0 Å². The fourth-order valence-electron chi connectivity index (χ4n) is 3.08. The highest BCUT2D eigenvalue weighted by Crippen LogP contribution is 2.31. The van der Waals surface area contributed by atoms with Crippen molar-refractivity contribution in [3.05, 3.63) is 35.4 Å². The molecule has 0 spiro atoms. The standard InChI is InChI=1S/C19H31NO/c1-4-20-12-11-17-6-8-18(9-7-17)14-21-19-10-5-15(2)16(3)13-19/h6-9,15-16,19-20H,4-5,10-14H2,1-3H3. The van der Waals surface area contributed by atoms with E-state index < -0.39 is 0 Å². The zero-order chi connectivity index (χ0) is 15.1. The summed E-state index contributed by atoms with van der Waals surface area (Å²) in [5, 5.41) is 3.36. The number of ether oxygens (including phenoxy) is 1. The molecule has 2 nitrogen and oxygen atoms in total. The van der Waals surface area contributed by atoms with Crippen molar-refractivity contribution in [1.29, 1.82) is 0 Å². The highest BCUT2D eigenvalue weighted by atomic mass is 16.5. The molecule has 0 heterocycles. The van der Waals surface area contributed by atoms with Gasteiger partial charge in [0, 0.05) is 0 Å². The molecular formula is C19H31NO. The molecule has 0 amide bonds. The van der Waals surface area contributed by atoms with Gasteiger partial charge in [0.1, 0.15) is 0 Å². The molecule has 1 fully saturated rings. The van der Waals surface area contributed by atoms with Crippen molar-refractivity contribution in [2.24, 2.45) is 11.8 Å². The molecule has 0 aromatic heterocycles. The van der Waals surface area contributed by atoms with Gasteiger partial charge >= 0.3 is 0 Å². The second-order valence-electron chi connectivity index (χ2n) is 6.62. The first kappa shape index (κ1) is 16.5. The lowest BCUT2D eigenvalue weighted by molar-refractivity contribution is -0.00745. The van der Waals surface area contributed by atoms with E-state index in [1.807, 2.05) is 0 Å². The minimum atomic E-state index is 0.463. The average Bonchev–Trinajstić information content (AvgIpc) is 2.50. The predicted octanol–water partition coefficient (Wildman–Crippen LogP) is 4.18. The van der Waals surface area contributed by atoms with Crippen molar-refractivity contribution in [1.82, 2.24) is 5.32 Å². The van der Waals surface area contributed by atoms with Gasteiger partial charge in [-0.15, -0.1) is 0 Å². The molecule has 0 aliphatic heterocycles. The molecule has 1 aromatic carbocycles. The van der Waals surface area contributed by atoms with Crippen molar-refractivity contribution in [3.8, 4) is 0 Å². The normalized spacial score (nSPS) is 26.0. The molecule has 2 rings (SSSR count). The Morgan fingerprint density at radius 2 is 1.76 bits per heavy atom. The second-order valence-corrected chi connectivity index (χ2v) is 6.62. The van der Waals surface area contributed by atoms with E-state index >= 15 is 0 Å². The maximum Gasteiger partial charge on any atom is 0.0720 e. The smallest absolute Gasteiger partial charge is 0.0720 e. The van der Waals surface area contributed by atoms with Crippen LogP contribution in [0, 0.1) is 11.8 Å². The van der Waals surface area contributed by atoms with Crippen LogP contribution in [0.2, 0.25) is 0 Å². The Labute approximate surface area is 130 Å². The van der Waals surface area contributed by atoms with E-state index in [0.717, 1.165) is 38.0 Å². The van der Waals surface area contributed by atoms with Crippen molar-refractivity contribution in [2.75, 3.05) is 13.1 Å². The Hall–Kier alpha value is -0.860. The van der Waals surface area contributed by atoms with Crippen LogP contribution < -0.4 is 5.32 Å². The number of nitrogens with one attached hydrogen (secondary N) is 1. The molecule has 1 aliphatic rings. The summed E-state index contributed by atoms with van der Waals surface area (Å²) < 4.78 is 6.11. The van der Waals surface area contributed by atoms with E-state index in [4.69, 9.17) is 4.74 Å². The molecular weight excluding hydrogens is 258 g/mol. The summed E-state index contributed by atoms with van der Waals surface area (Å²) in [6.45, 7) is 9.74. The Morgan fingerprint density at radius 1 is 1.05 bits per heavy atom. The molecule has 2 heteroatoms. The van der Waals surface area contributed by atoms with Gasteiger partial charge in [-0.2, -0.15) is 0 Å². The third kappa shape index (κ3) is 5.44. The maximum atomic E-state index is 6.11. The lowest BCUT2D eigenvalue weighted by Gasteiger charge is -2.32. The summed E-state index contributed by atoms with van der Waals surface area (Å²) in [5.74, 6) is 1.66. The van der Waals surface area contributed by atoms with Crippen LogP contribution in [0.3, 0.4) is 0 Å². The summed E-state index contributed by atoms with van der Waals surface area (Å²) in [7, 11) is 0. The summed E-state index contributed by atoms with van der Waals surface area (Å²) in [4.78, 5) is 0. The Bertz CT molecular complexity index is 401. The topological polar surface area (TPSA) is 21.3 Å². The highest BCUT2D eigenvalue weighted by Gasteiger charge is 2.24. The number of likely N-dealkylation sites (N-methyl/N-ethyl adjacent to an activating group) is 1. The molecule has 1 saturated carbocycles. The molecule has 1 aliphatic carbocycles. The van der Waals surface area contributed by atoms with Gasteiger partial charge < -0.3 is 10.1 Å². The quantitative estimate of drug-likeness (QED) is 0.760. The monoisotopic (exact) mass is 289 g/mol. The van der Waals surface area contributed by atoms with Crippen LogP contribution >= 0.6 is 0 Å². The van der Waals surface area contributed by atoms with Crippen molar-refractivity contribution in [3.63, 3.8) is 0 Å². The molecule has 118 valence electrons. The average molecular weight is 289 g/mol. The van der Waals surface area contributed by atoms with E-state index in [-0.39, 0.29) is 0 Å². The highest BCUT2D eigenvalue weighted by molar-refractivity contribution is 5.22. The van der Waals surface area contributed by atoms with Gasteiger partial charge in [0.05, 0.1) is 12.7 Å². The molecule has 0 bridgehead atoms. The van der Waals surface area contributed by atoms with E-state index in [1.165, 1.54) is 30.4 Å². The van der Waals surface area contributed by atoms with Gasteiger partial charge in [0.2, 0.25) is 0 Å². The number of hydrogen-bond acceptors (Lipinski definition) is 2. The van der Waals surface area contributed by atoms with E-state index in [2.05, 4.69) is 50.4 Å². The molecule has 0 saturated heterocycles. The van der Waals surface area contributed by atoms with E-state index in [9.17, 15) is 0 Å². The summed E-state index contributed by atoms with van der Waals surface area (Å²) >= 11 is 0. The van der Waals surface area contributed by atoms with E-state index in [0.29, 0.717) is 6.10 Å². The van der Waals surface area contributed by atoms with Crippen LogP contribution in [-0.2, 0) is 17.8 Å². The van der Waals surface area contributed by atoms with Gasteiger partial charge in [-0.25, -0.2) is 0 Å². The predicted molar refractivity (Wildman–Crippen MR) is 89.4 cm³/mol. The third-order valence-electron chi connectivity index (χ3n) is 4.90. The first-order chi connectivity index (χ1) is 10.2. The Balaban J connectivity index is 1.73. The molecule has 0 radical (unpaired) electrons. The largest absolute Gasteiger partial charge is 0.374 e.